The number of aromatic nitrogens is 2. The minimum absolute atomic E-state index is 0.850. The molecule has 68 valence electrons. The molecule has 1 aliphatic heterocycles. The van der Waals surface area contributed by atoms with Crippen molar-refractivity contribution < 1.29 is 0 Å². The smallest absolute Gasteiger partial charge is 0.118 e. The maximum atomic E-state index is 4.40. The molecule has 2 heterocycles. The number of imidazole rings is 1. The lowest BCUT2D eigenvalue weighted by atomic mass is 10.1. The highest BCUT2D eigenvalue weighted by atomic mass is 15.1. The topological polar surface area (TPSA) is 30.2 Å². The molecule has 3 rings (SSSR count). The third kappa shape index (κ3) is 1.06. The summed E-state index contributed by atoms with van der Waals surface area (Å²) in [4.78, 5) is 8.69. The lowest BCUT2D eigenvalue weighted by Crippen LogP contribution is -1.99. The molecule has 0 unspecified atom stereocenters. The van der Waals surface area contributed by atoms with Gasteiger partial charge in [-0.15, -0.1) is 0 Å². The van der Waals surface area contributed by atoms with Crippen LogP contribution in [-0.4, -0.2) is 15.9 Å². The minimum Gasteiger partial charge on any atom is -0.294 e. The van der Waals surface area contributed by atoms with Gasteiger partial charge in [0.05, 0.1) is 5.69 Å². The van der Waals surface area contributed by atoms with E-state index in [1.165, 1.54) is 5.56 Å². The van der Waals surface area contributed by atoms with Gasteiger partial charge in [0.15, 0.2) is 0 Å². The van der Waals surface area contributed by atoms with Crippen LogP contribution in [0.1, 0.15) is 11.4 Å². The van der Waals surface area contributed by atoms with Crippen molar-refractivity contribution in [2.75, 3.05) is 0 Å². The lowest BCUT2D eigenvalue weighted by molar-refractivity contribution is 0.977. The molecule has 0 bridgehead atoms. The summed E-state index contributed by atoms with van der Waals surface area (Å²) in [5.74, 6) is 1.04. The zero-order valence-corrected chi connectivity index (χ0v) is 7.59. The Kier molecular flexibility index (Phi) is 1.50. The molecular weight excluding hydrogens is 174 g/mol. The lowest BCUT2D eigenvalue weighted by Gasteiger charge is -2.00. The van der Waals surface area contributed by atoms with Gasteiger partial charge < -0.3 is 0 Å². The monoisotopic (exact) mass is 183 g/mol. The first-order valence-corrected chi connectivity index (χ1v) is 4.57. The molecule has 0 radical (unpaired) electrons. The van der Waals surface area contributed by atoms with Crippen LogP contribution in [0.15, 0.2) is 41.7 Å². The Hall–Kier alpha value is -1.90. The van der Waals surface area contributed by atoms with Gasteiger partial charge in [-0.05, 0) is 11.6 Å². The van der Waals surface area contributed by atoms with E-state index in [1.807, 2.05) is 35.3 Å². The van der Waals surface area contributed by atoms with Gasteiger partial charge in [-0.1, -0.05) is 18.2 Å². The molecule has 0 aliphatic carbocycles. The summed E-state index contributed by atoms with van der Waals surface area (Å²) in [5, 5.41) is 0. The summed E-state index contributed by atoms with van der Waals surface area (Å²) in [5.41, 5.74) is 2.27. The molecule has 1 aliphatic rings. The van der Waals surface area contributed by atoms with Gasteiger partial charge in [-0.2, -0.15) is 0 Å². The highest BCUT2D eigenvalue weighted by Gasteiger charge is 2.09. The van der Waals surface area contributed by atoms with Gasteiger partial charge in [0.2, 0.25) is 0 Å². The molecule has 0 spiro atoms. The second-order valence-electron chi connectivity index (χ2n) is 3.30. The average molecular weight is 183 g/mol. The van der Waals surface area contributed by atoms with Crippen LogP contribution in [-0.2, 0) is 6.42 Å². The van der Waals surface area contributed by atoms with Crippen LogP contribution in [0.4, 0.5) is 5.69 Å². The predicted molar refractivity (Wildman–Crippen MR) is 55.0 cm³/mol. The predicted octanol–water partition coefficient (Wildman–Crippen LogP) is 2.00. The van der Waals surface area contributed by atoms with E-state index in [0.29, 0.717) is 0 Å². The molecule has 3 nitrogen and oxygen atoms in total. The number of hydrogen-bond donors (Lipinski definition) is 0. The molecule has 0 amide bonds. The van der Waals surface area contributed by atoms with Gasteiger partial charge in [0, 0.05) is 18.8 Å². The van der Waals surface area contributed by atoms with E-state index in [2.05, 4.69) is 16.0 Å². The summed E-state index contributed by atoms with van der Waals surface area (Å²) < 4.78 is 1.96. The van der Waals surface area contributed by atoms with Gasteiger partial charge in [-0.25, -0.2) is 9.98 Å². The van der Waals surface area contributed by atoms with Crippen LogP contribution >= 0.6 is 0 Å². The second-order valence-corrected chi connectivity index (χ2v) is 3.30. The second kappa shape index (κ2) is 2.80. The fraction of sp³-hybridized carbons (Fsp3) is 0.0909. The largest absolute Gasteiger partial charge is 0.294 e. The zero-order valence-electron chi connectivity index (χ0n) is 7.59. The highest BCUT2D eigenvalue weighted by molar-refractivity contribution is 5.68. The first-order chi connectivity index (χ1) is 6.93. The summed E-state index contributed by atoms with van der Waals surface area (Å²) >= 11 is 0. The van der Waals surface area contributed by atoms with Crippen LogP contribution in [0, 0.1) is 0 Å². The standard InChI is InChI=1S/C11H9N3/c1-2-4-10-9(3-1)7-11-12-5-6-14(11)8-13-10/h1-6,8H,7H2. The average Bonchev–Trinajstić information content (AvgIpc) is 2.58. The molecule has 0 saturated carbocycles. The Balaban J connectivity index is 2.19. The van der Waals surface area contributed by atoms with E-state index in [1.54, 1.807) is 6.20 Å². The Morgan fingerprint density at radius 1 is 1.21 bits per heavy atom. The molecule has 14 heavy (non-hydrogen) atoms. The van der Waals surface area contributed by atoms with Crippen molar-refractivity contribution in [2.24, 2.45) is 4.99 Å². The Morgan fingerprint density at radius 2 is 2.14 bits per heavy atom. The van der Waals surface area contributed by atoms with Crippen LogP contribution in [0.3, 0.4) is 0 Å². The van der Waals surface area contributed by atoms with E-state index in [4.69, 9.17) is 0 Å². The molecule has 0 saturated heterocycles. The Bertz CT molecular complexity index is 497. The fourth-order valence-electron chi connectivity index (χ4n) is 1.67. The number of hydrogen-bond acceptors (Lipinski definition) is 2. The molecule has 1 aromatic carbocycles. The van der Waals surface area contributed by atoms with E-state index in [0.717, 1.165) is 17.9 Å². The normalized spacial score (nSPS) is 13.1. The van der Waals surface area contributed by atoms with E-state index in [-0.39, 0.29) is 0 Å². The molecule has 0 fully saturated rings. The van der Waals surface area contributed by atoms with Gasteiger partial charge in [0.1, 0.15) is 12.2 Å². The Labute approximate surface area is 81.7 Å². The third-order valence-corrected chi connectivity index (χ3v) is 2.41. The molecule has 1 aromatic heterocycles. The molecule has 2 aromatic rings. The van der Waals surface area contributed by atoms with Crippen LogP contribution in [0.5, 0.6) is 0 Å². The quantitative estimate of drug-likeness (QED) is 0.524. The van der Waals surface area contributed by atoms with Crippen molar-refractivity contribution in [1.82, 2.24) is 9.55 Å². The van der Waals surface area contributed by atoms with Crippen molar-refractivity contribution in [3.05, 3.63) is 48.0 Å². The fourth-order valence-corrected chi connectivity index (χ4v) is 1.67. The van der Waals surface area contributed by atoms with Crippen molar-refractivity contribution in [3.8, 4) is 0 Å². The Morgan fingerprint density at radius 3 is 3.14 bits per heavy atom. The van der Waals surface area contributed by atoms with Crippen LogP contribution in [0.2, 0.25) is 0 Å². The first kappa shape index (κ1) is 7.50. The van der Waals surface area contributed by atoms with Crippen LogP contribution in [0.25, 0.3) is 0 Å². The first-order valence-electron chi connectivity index (χ1n) is 4.57. The molecular formula is C11H9N3. The molecule has 0 atom stereocenters. The van der Waals surface area contributed by atoms with E-state index in [9.17, 15) is 0 Å². The number of aliphatic imine (C=N–C) groups is 1. The third-order valence-electron chi connectivity index (χ3n) is 2.41. The highest BCUT2D eigenvalue weighted by Crippen LogP contribution is 2.22. The number of fused-ring (bicyclic) bond motifs is 2. The number of nitrogens with zero attached hydrogens (tertiary/aromatic N) is 3. The number of rotatable bonds is 0. The van der Waals surface area contributed by atoms with Crippen molar-refractivity contribution in [3.63, 3.8) is 0 Å². The van der Waals surface area contributed by atoms with Gasteiger partial charge in [0.25, 0.3) is 0 Å². The number of benzene rings is 1. The molecule has 0 N–H and O–H groups in total. The summed E-state index contributed by atoms with van der Waals surface area (Å²) in [6.07, 6.45) is 6.39. The van der Waals surface area contributed by atoms with Gasteiger partial charge in [-0.3, -0.25) is 4.57 Å². The van der Waals surface area contributed by atoms with Crippen molar-refractivity contribution >= 4 is 12.0 Å². The van der Waals surface area contributed by atoms with E-state index >= 15 is 0 Å². The zero-order chi connectivity index (χ0) is 9.38. The SMILES string of the molecule is C1=Nc2ccccc2Cc2nccn21. The summed E-state index contributed by atoms with van der Waals surface area (Å²) in [6.45, 7) is 0. The van der Waals surface area contributed by atoms with Crippen molar-refractivity contribution in [2.45, 2.75) is 6.42 Å². The maximum absolute atomic E-state index is 4.40. The van der Waals surface area contributed by atoms with Crippen molar-refractivity contribution in [1.29, 1.82) is 0 Å². The molecule has 3 heteroatoms. The summed E-state index contributed by atoms with van der Waals surface area (Å²) in [6, 6.07) is 8.16. The van der Waals surface area contributed by atoms with Crippen LogP contribution < -0.4 is 0 Å². The number of para-hydroxylation sites is 1. The summed E-state index contributed by atoms with van der Waals surface area (Å²) in [7, 11) is 0. The maximum Gasteiger partial charge on any atom is 0.118 e. The minimum atomic E-state index is 0.850. The van der Waals surface area contributed by atoms with E-state index < -0.39 is 0 Å². The van der Waals surface area contributed by atoms with Gasteiger partial charge >= 0.3 is 0 Å².